The van der Waals surface area contributed by atoms with Gasteiger partial charge in [-0.3, -0.25) is 9.69 Å². The second-order valence-corrected chi connectivity index (χ2v) is 8.13. The molecule has 0 bridgehead atoms. The van der Waals surface area contributed by atoms with Crippen LogP contribution < -0.4 is 0 Å². The lowest BCUT2D eigenvalue weighted by Gasteiger charge is -2.29. The minimum Gasteiger partial charge on any atom is -0.295 e. The first kappa shape index (κ1) is 19.3. The summed E-state index contributed by atoms with van der Waals surface area (Å²) < 4.78 is 2.01. The molecule has 26 heavy (non-hydrogen) atoms. The van der Waals surface area contributed by atoms with Crippen LogP contribution in [-0.2, 0) is 4.79 Å². The fraction of sp³-hybridized carbons (Fsp3) is 0.227. The van der Waals surface area contributed by atoms with Crippen LogP contribution in [0.2, 0.25) is 0 Å². The molecule has 134 valence electrons. The number of rotatable bonds is 4. The summed E-state index contributed by atoms with van der Waals surface area (Å²) in [6, 6.07) is 16.0. The Bertz CT molecular complexity index is 802. The summed E-state index contributed by atoms with van der Waals surface area (Å²) in [6.07, 6.45) is 5.10. The molecule has 0 amide bonds. The van der Waals surface area contributed by atoms with Crippen LogP contribution in [0, 0.1) is 0 Å². The molecule has 0 aromatic heterocycles. The molecule has 0 saturated carbocycles. The zero-order valence-electron chi connectivity index (χ0n) is 14.7. The van der Waals surface area contributed by atoms with Crippen LogP contribution in [0.25, 0.3) is 12.2 Å². The molecule has 2 nitrogen and oxygen atoms in total. The number of Topliss-reactive ketones (excluding diaryl/α,β-unsaturated/α-hetero) is 1. The number of likely N-dealkylation sites (tertiary alicyclic amines) is 1. The summed E-state index contributed by atoms with van der Waals surface area (Å²) in [6.45, 7) is 4.54. The Hall–Kier alpha value is -1.49. The molecule has 3 rings (SSSR count). The Morgan fingerprint density at radius 3 is 1.77 bits per heavy atom. The minimum atomic E-state index is 0.142. The van der Waals surface area contributed by atoms with Gasteiger partial charge in [-0.25, -0.2) is 0 Å². The van der Waals surface area contributed by atoms with Gasteiger partial charge in [0.05, 0.1) is 0 Å². The largest absolute Gasteiger partial charge is 0.295 e. The van der Waals surface area contributed by atoms with Crippen molar-refractivity contribution in [3.05, 3.63) is 79.7 Å². The molecule has 0 N–H and O–H groups in total. The minimum absolute atomic E-state index is 0.142. The molecule has 2 aromatic rings. The van der Waals surface area contributed by atoms with E-state index in [0.29, 0.717) is 13.1 Å². The van der Waals surface area contributed by atoms with E-state index in [9.17, 15) is 4.79 Å². The summed E-state index contributed by atoms with van der Waals surface area (Å²) in [5.74, 6) is 0.142. The van der Waals surface area contributed by atoms with Gasteiger partial charge < -0.3 is 0 Å². The van der Waals surface area contributed by atoms with Crippen molar-refractivity contribution in [1.82, 2.24) is 4.90 Å². The number of halogens is 2. The Labute approximate surface area is 171 Å². The SMILES string of the molecule is CCCN1C/C(=C\c2ccccc2Br)C(=O)/C(=C/c2ccccc2Br)C1. The monoisotopic (exact) mass is 473 g/mol. The molecular weight excluding hydrogens is 454 g/mol. The van der Waals surface area contributed by atoms with Gasteiger partial charge in [0.25, 0.3) is 0 Å². The Balaban J connectivity index is 1.99. The van der Waals surface area contributed by atoms with E-state index in [0.717, 1.165) is 44.2 Å². The van der Waals surface area contributed by atoms with Crippen molar-refractivity contribution in [1.29, 1.82) is 0 Å². The molecule has 0 aliphatic carbocycles. The van der Waals surface area contributed by atoms with Crippen molar-refractivity contribution in [3.8, 4) is 0 Å². The van der Waals surface area contributed by atoms with Crippen LogP contribution in [0.15, 0.2) is 68.6 Å². The molecule has 1 aliphatic rings. The predicted octanol–water partition coefficient (Wildman–Crippen LogP) is 5.97. The van der Waals surface area contributed by atoms with Crippen molar-refractivity contribution in [2.45, 2.75) is 13.3 Å². The zero-order chi connectivity index (χ0) is 18.5. The predicted molar refractivity (Wildman–Crippen MR) is 116 cm³/mol. The van der Waals surface area contributed by atoms with Crippen LogP contribution in [0.4, 0.5) is 0 Å². The average molecular weight is 475 g/mol. The Morgan fingerprint density at radius 2 is 1.35 bits per heavy atom. The molecule has 1 aliphatic heterocycles. The number of benzene rings is 2. The molecule has 0 spiro atoms. The van der Waals surface area contributed by atoms with Crippen LogP contribution >= 0.6 is 31.9 Å². The van der Waals surface area contributed by atoms with E-state index in [1.807, 2.05) is 60.7 Å². The topological polar surface area (TPSA) is 20.3 Å². The third-order valence-corrected chi connectivity index (χ3v) is 5.83. The number of carbonyl (C=O) groups is 1. The first-order valence-electron chi connectivity index (χ1n) is 8.75. The number of hydrogen-bond acceptors (Lipinski definition) is 2. The third kappa shape index (κ3) is 4.61. The fourth-order valence-electron chi connectivity index (χ4n) is 3.14. The number of ketones is 1. The van der Waals surface area contributed by atoms with E-state index in [4.69, 9.17) is 0 Å². The normalized spacial score (nSPS) is 18.7. The van der Waals surface area contributed by atoms with Gasteiger partial charge in [0.1, 0.15) is 0 Å². The summed E-state index contributed by atoms with van der Waals surface area (Å²) in [5, 5.41) is 0. The molecule has 4 heteroatoms. The van der Waals surface area contributed by atoms with Crippen LogP contribution in [0.1, 0.15) is 24.5 Å². The summed E-state index contributed by atoms with van der Waals surface area (Å²) in [5.41, 5.74) is 3.76. The fourth-order valence-corrected chi connectivity index (χ4v) is 3.94. The molecule has 1 heterocycles. The Kier molecular flexibility index (Phi) is 6.63. The molecule has 1 fully saturated rings. The van der Waals surface area contributed by atoms with E-state index in [1.165, 1.54) is 0 Å². The highest BCUT2D eigenvalue weighted by Gasteiger charge is 2.25. The number of hydrogen-bond donors (Lipinski definition) is 0. The lowest BCUT2D eigenvalue weighted by atomic mass is 9.94. The second-order valence-electron chi connectivity index (χ2n) is 6.42. The smallest absolute Gasteiger partial charge is 0.187 e. The summed E-state index contributed by atoms with van der Waals surface area (Å²) in [7, 11) is 0. The van der Waals surface area contributed by atoms with Crippen molar-refractivity contribution >= 4 is 49.8 Å². The molecule has 2 aromatic carbocycles. The molecule has 0 atom stereocenters. The van der Waals surface area contributed by atoms with Crippen molar-refractivity contribution in [2.75, 3.05) is 19.6 Å². The molecule has 1 saturated heterocycles. The highest BCUT2D eigenvalue weighted by molar-refractivity contribution is 9.10. The lowest BCUT2D eigenvalue weighted by molar-refractivity contribution is -0.113. The van der Waals surface area contributed by atoms with Gasteiger partial charge >= 0.3 is 0 Å². The highest BCUT2D eigenvalue weighted by Crippen LogP contribution is 2.26. The second kappa shape index (κ2) is 8.94. The molecule has 0 unspecified atom stereocenters. The van der Waals surface area contributed by atoms with Crippen LogP contribution in [-0.4, -0.2) is 30.3 Å². The van der Waals surface area contributed by atoms with Gasteiger partial charge in [-0.1, -0.05) is 75.2 Å². The van der Waals surface area contributed by atoms with Crippen LogP contribution in [0.3, 0.4) is 0 Å². The van der Waals surface area contributed by atoms with Crippen molar-refractivity contribution in [2.24, 2.45) is 0 Å². The van der Waals surface area contributed by atoms with E-state index >= 15 is 0 Å². The first-order valence-corrected chi connectivity index (χ1v) is 10.3. The summed E-state index contributed by atoms with van der Waals surface area (Å²) in [4.78, 5) is 15.5. The van der Waals surface area contributed by atoms with E-state index in [-0.39, 0.29) is 5.78 Å². The Morgan fingerprint density at radius 1 is 0.885 bits per heavy atom. The van der Waals surface area contributed by atoms with E-state index in [2.05, 4.69) is 43.7 Å². The van der Waals surface area contributed by atoms with Gasteiger partial charge in [0.2, 0.25) is 0 Å². The third-order valence-electron chi connectivity index (χ3n) is 4.38. The molecule has 0 radical (unpaired) electrons. The van der Waals surface area contributed by atoms with Gasteiger partial charge in [-0.2, -0.15) is 0 Å². The quantitative estimate of drug-likeness (QED) is 0.508. The zero-order valence-corrected chi connectivity index (χ0v) is 17.9. The van der Waals surface area contributed by atoms with Gasteiger partial charge in [-0.15, -0.1) is 0 Å². The van der Waals surface area contributed by atoms with Gasteiger partial charge in [-0.05, 0) is 48.4 Å². The lowest BCUT2D eigenvalue weighted by Crippen LogP contribution is -2.38. The average Bonchev–Trinajstić information content (AvgIpc) is 2.63. The number of nitrogens with zero attached hydrogens (tertiary/aromatic N) is 1. The number of carbonyl (C=O) groups excluding carboxylic acids is 1. The maximum Gasteiger partial charge on any atom is 0.187 e. The van der Waals surface area contributed by atoms with Gasteiger partial charge in [0.15, 0.2) is 5.78 Å². The standard InChI is InChI=1S/C22H21Br2NO/c1-2-11-25-14-18(12-16-7-3-5-9-20(16)23)22(26)19(15-25)13-17-8-4-6-10-21(17)24/h3-10,12-13H,2,11,14-15H2,1H3/b18-12+,19-13+. The van der Waals surface area contributed by atoms with Gasteiger partial charge in [0, 0.05) is 33.2 Å². The van der Waals surface area contributed by atoms with E-state index < -0.39 is 0 Å². The summed E-state index contributed by atoms with van der Waals surface area (Å²) >= 11 is 7.15. The maximum atomic E-state index is 13.1. The van der Waals surface area contributed by atoms with Crippen molar-refractivity contribution < 1.29 is 4.79 Å². The highest BCUT2D eigenvalue weighted by atomic mass is 79.9. The van der Waals surface area contributed by atoms with E-state index in [1.54, 1.807) is 0 Å². The first-order chi connectivity index (χ1) is 12.6. The number of piperidine rings is 1. The maximum absolute atomic E-state index is 13.1. The molecular formula is C22H21Br2NO. The van der Waals surface area contributed by atoms with Crippen LogP contribution in [0.5, 0.6) is 0 Å². The van der Waals surface area contributed by atoms with Crippen molar-refractivity contribution in [3.63, 3.8) is 0 Å².